The Morgan fingerprint density at radius 3 is 2.14 bits per heavy atom. The molecule has 1 aliphatic rings. The second kappa shape index (κ2) is 10.5. The van der Waals surface area contributed by atoms with Crippen molar-refractivity contribution in [2.45, 2.75) is 26.2 Å². The number of nitrogens with zero attached hydrogens (tertiary/aromatic N) is 2. The Balaban J connectivity index is 0.000000169. The van der Waals surface area contributed by atoms with Gasteiger partial charge in [0.1, 0.15) is 11.6 Å². The van der Waals surface area contributed by atoms with Crippen LogP contribution in [0.15, 0.2) is 85.7 Å². The van der Waals surface area contributed by atoms with Crippen molar-refractivity contribution in [2.24, 2.45) is 0 Å². The number of para-hydroxylation sites is 3. The van der Waals surface area contributed by atoms with Gasteiger partial charge in [0.05, 0.1) is 22.7 Å². The molecule has 36 heavy (non-hydrogen) atoms. The fraction of sp³-hybridized carbons (Fsp3) is 0.200. The number of pyridine rings is 2. The highest BCUT2D eigenvalue weighted by Crippen LogP contribution is 2.46. The second-order valence-corrected chi connectivity index (χ2v) is 9.23. The summed E-state index contributed by atoms with van der Waals surface area (Å²) in [6.45, 7) is 10.4. The quantitative estimate of drug-likeness (QED) is 0.239. The Kier molecular flexibility index (Phi) is 7.25. The third-order valence-corrected chi connectivity index (χ3v) is 6.45. The molecular weight excluding hydrogens is 444 g/mol. The van der Waals surface area contributed by atoms with Crippen LogP contribution in [-0.2, 0) is 5.41 Å². The molecule has 4 aromatic rings. The summed E-state index contributed by atoms with van der Waals surface area (Å²) < 4.78 is 0. The molecule has 4 N–H and O–H groups in total. The highest BCUT2D eigenvalue weighted by molar-refractivity contribution is 5.83. The maximum Gasteiger partial charge on any atom is 0.137 e. The first-order valence-corrected chi connectivity index (χ1v) is 12.0. The molecule has 6 nitrogen and oxygen atoms in total. The van der Waals surface area contributed by atoms with Crippen molar-refractivity contribution in [2.75, 3.05) is 35.4 Å². The van der Waals surface area contributed by atoms with Gasteiger partial charge in [0.15, 0.2) is 0 Å². The van der Waals surface area contributed by atoms with Crippen LogP contribution in [0.25, 0.3) is 5.57 Å². The fourth-order valence-electron chi connectivity index (χ4n) is 4.48. The zero-order chi connectivity index (χ0) is 25.7. The Morgan fingerprint density at radius 1 is 0.778 bits per heavy atom. The molecule has 1 aliphatic heterocycles. The summed E-state index contributed by atoms with van der Waals surface area (Å²) in [5, 5.41) is 13.2. The third kappa shape index (κ3) is 4.89. The molecule has 0 spiro atoms. The number of nitrogens with one attached hydrogen (secondary N) is 4. The molecule has 5 rings (SSSR count). The van der Waals surface area contributed by atoms with Crippen LogP contribution >= 0.6 is 0 Å². The molecule has 0 aliphatic carbocycles. The predicted molar refractivity (Wildman–Crippen MR) is 154 cm³/mol. The molecule has 0 saturated carbocycles. The van der Waals surface area contributed by atoms with Gasteiger partial charge in [-0.2, -0.15) is 0 Å². The van der Waals surface area contributed by atoms with Crippen LogP contribution in [0.1, 0.15) is 37.5 Å². The molecule has 3 heterocycles. The van der Waals surface area contributed by atoms with E-state index in [1.54, 1.807) is 6.20 Å². The average Bonchev–Trinajstić information content (AvgIpc) is 2.89. The molecule has 2 aromatic carbocycles. The van der Waals surface area contributed by atoms with Gasteiger partial charge in [-0.1, -0.05) is 50.8 Å². The minimum Gasteiger partial charge on any atom is -0.386 e. The minimum atomic E-state index is -0.0307. The number of aromatic nitrogens is 2. The Bertz CT molecular complexity index is 1380. The number of allylic oxidation sites excluding steroid dienone is 1. The van der Waals surface area contributed by atoms with E-state index in [4.69, 9.17) is 0 Å². The van der Waals surface area contributed by atoms with Crippen molar-refractivity contribution in [3.63, 3.8) is 0 Å². The van der Waals surface area contributed by atoms with Gasteiger partial charge in [0, 0.05) is 43.0 Å². The van der Waals surface area contributed by atoms with E-state index in [0.717, 1.165) is 45.5 Å². The van der Waals surface area contributed by atoms with Crippen LogP contribution in [0.2, 0.25) is 0 Å². The largest absolute Gasteiger partial charge is 0.386 e. The van der Waals surface area contributed by atoms with E-state index in [0.29, 0.717) is 0 Å². The molecule has 0 unspecified atom stereocenters. The van der Waals surface area contributed by atoms with E-state index in [1.807, 2.05) is 69.7 Å². The number of hydrogen-bond acceptors (Lipinski definition) is 6. The summed E-state index contributed by atoms with van der Waals surface area (Å²) >= 11 is 0. The molecule has 0 fully saturated rings. The van der Waals surface area contributed by atoms with E-state index in [1.165, 1.54) is 11.1 Å². The van der Waals surface area contributed by atoms with Gasteiger partial charge in [-0.3, -0.25) is 0 Å². The van der Waals surface area contributed by atoms with E-state index < -0.39 is 0 Å². The van der Waals surface area contributed by atoms with Crippen molar-refractivity contribution in [1.29, 1.82) is 0 Å². The molecule has 0 saturated heterocycles. The van der Waals surface area contributed by atoms with Crippen LogP contribution < -0.4 is 21.3 Å². The first-order chi connectivity index (χ1) is 17.4. The van der Waals surface area contributed by atoms with Crippen LogP contribution in [0.3, 0.4) is 0 Å². The summed E-state index contributed by atoms with van der Waals surface area (Å²) in [5.41, 5.74) is 8.82. The molecule has 2 aromatic heterocycles. The predicted octanol–water partition coefficient (Wildman–Crippen LogP) is 7.41. The molecule has 0 amide bonds. The van der Waals surface area contributed by atoms with Crippen molar-refractivity contribution in [3.8, 4) is 0 Å². The van der Waals surface area contributed by atoms with E-state index in [9.17, 15) is 0 Å². The topological polar surface area (TPSA) is 73.9 Å². The molecule has 0 bridgehead atoms. The van der Waals surface area contributed by atoms with Crippen LogP contribution in [0.4, 0.5) is 34.4 Å². The van der Waals surface area contributed by atoms with Crippen molar-refractivity contribution in [1.82, 2.24) is 9.97 Å². The Labute approximate surface area is 213 Å². The summed E-state index contributed by atoms with van der Waals surface area (Å²) in [4.78, 5) is 8.82. The van der Waals surface area contributed by atoms with Gasteiger partial charge in [-0.15, -0.1) is 0 Å². The highest BCUT2D eigenvalue weighted by Gasteiger charge is 2.33. The van der Waals surface area contributed by atoms with Gasteiger partial charge >= 0.3 is 0 Å². The van der Waals surface area contributed by atoms with Crippen LogP contribution in [0.5, 0.6) is 0 Å². The van der Waals surface area contributed by atoms with E-state index in [-0.39, 0.29) is 5.41 Å². The molecule has 6 heteroatoms. The SMILES string of the molecule is C=C(C)c1cccnc1Nc1ccccc1NC.CNc1cccc2c1Nc1ncccc1C2(C)C. The second-order valence-electron chi connectivity index (χ2n) is 9.23. The van der Waals surface area contributed by atoms with Crippen molar-refractivity contribution >= 4 is 40.0 Å². The number of benzene rings is 2. The van der Waals surface area contributed by atoms with Gasteiger partial charge in [-0.05, 0) is 54.5 Å². The lowest BCUT2D eigenvalue weighted by Crippen LogP contribution is -2.27. The third-order valence-electron chi connectivity index (χ3n) is 6.45. The molecule has 0 atom stereocenters. The zero-order valence-corrected chi connectivity index (χ0v) is 21.6. The number of rotatable bonds is 5. The van der Waals surface area contributed by atoms with Crippen molar-refractivity contribution in [3.05, 3.63) is 102 Å². The van der Waals surface area contributed by atoms with Gasteiger partial charge in [-0.25, -0.2) is 9.97 Å². The normalized spacial score (nSPS) is 12.6. The number of hydrogen-bond donors (Lipinski definition) is 4. The standard InChI is InChI=1S/2C15H17N3/c1-15(2)10-6-4-8-12(16-3)13(10)18-14-11(15)7-5-9-17-14;1-11(2)12-7-6-10-17-15(12)18-14-9-5-4-8-13(14)16-3/h4-9,16H,1-3H3,(H,17,18);4-10,16H,1H2,2-3H3,(H,17,18). The highest BCUT2D eigenvalue weighted by atomic mass is 15.0. The van der Waals surface area contributed by atoms with Crippen molar-refractivity contribution < 1.29 is 0 Å². The monoisotopic (exact) mass is 478 g/mol. The number of fused-ring (bicyclic) bond motifs is 2. The summed E-state index contributed by atoms with van der Waals surface area (Å²) in [7, 11) is 3.84. The Hall–Kier alpha value is -4.32. The first-order valence-electron chi connectivity index (χ1n) is 12.0. The van der Waals surface area contributed by atoms with Gasteiger partial charge < -0.3 is 21.3 Å². The molecule has 184 valence electrons. The summed E-state index contributed by atoms with van der Waals surface area (Å²) in [6.07, 6.45) is 3.60. The lowest BCUT2D eigenvalue weighted by molar-refractivity contribution is 0.635. The zero-order valence-electron chi connectivity index (χ0n) is 21.6. The lowest BCUT2D eigenvalue weighted by Gasteiger charge is -2.35. The van der Waals surface area contributed by atoms with Crippen LogP contribution in [0, 0.1) is 0 Å². The lowest BCUT2D eigenvalue weighted by atomic mass is 9.75. The maximum absolute atomic E-state index is 4.45. The molecular formula is C30H34N6. The average molecular weight is 479 g/mol. The number of anilines is 6. The Morgan fingerprint density at radius 2 is 1.42 bits per heavy atom. The van der Waals surface area contributed by atoms with Crippen LogP contribution in [-0.4, -0.2) is 24.1 Å². The van der Waals surface area contributed by atoms with E-state index in [2.05, 4.69) is 75.9 Å². The summed E-state index contributed by atoms with van der Waals surface area (Å²) in [6, 6.07) is 22.4. The smallest absolute Gasteiger partial charge is 0.137 e. The summed E-state index contributed by atoms with van der Waals surface area (Å²) in [5.74, 6) is 1.78. The van der Waals surface area contributed by atoms with Gasteiger partial charge in [0.25, 0.3) is 0 Å². The minimum absolute atomic E-state index is 0.0307. The first kappa shape index (κ1) is 24.8. The van der Waals surface area contributed by atoms with E-state index >= 15 is 0 Å². The molecule has 0 radical (unpaired) electrons. The maximum atomic E-state index is 4.45. The fourth-order valence-corrected chi connectivity index (χ4v) is 4.48. The van der Waals surface area contributed by atoms with Gasteiger partial charge in [0.2, 0.25) is 0 Å².